The molecule has 0 aliphatic carbocycles. The van der Waals surface area contributed by atoms with Crippen LogP contribution in [0.1, 0.15) is 15.9 Å². The Labute approximate surface area is 102 Å². The smallest absolute Gasteiger partial charge is 0.255 e. The lowest BCUT2D eigenvalue weighted by Crippen LogP contribution is -2.13. The molecule has 0 aliphatic rings. The SMILES string of the molecule is Cc1cc(C(=O)Nc2ccncc2F)ccc1F. The van der Waals surface area contributed by atoms with E-state index in [1.165, 1.54) is 30.5 Å². The number of carbonyl (C=O) groups is 1. The van der Waals surface area contributed by atoms with Gasteiger partial charge in [0, 0.05) is 11.8 Å². The first-order valence-corrected chi connectivity index (χ1v) is 5.25. The molecule has 1 amide bonds. The molecule has 0 spiro atoms. The molecule has 1 N–H and O–H groups in total. The number of rotatable bonds is 2. The van der Waals surface area contributed by atoms with Gasteiger partial charge in [0.1, 0.15) is 5.82 Å². The molecular formula is C13H10F2N2O. The van der Waals surface area contributed by atoms with Crippen molar-refractivity contribution in [2.75, 3.05) is 5.32 Å². The lowest BCUT2D eigenvalue weighted by Gasteiger charge is -2.06. The van der Waals surface area contributed by atoms with Crippen molar-refractivity contribution < 1.29 is 13.6 Å². The molecule has 2 rings (SSSR count). The summed E-state index contributed by atoms with van der Waals surface area (Å²) < 4.78 is 26.3. The van der Waals surface area contributed by atoms with Crippen LogP contribution in [0.2, 0.25) is 0 Å². The largest absolute Gasteiger partial charge is 0.319 e. The summed E-state index contributed by atoms with van der Waals surface area (Å²) >= 11 is 0. The fraction of sp³-hybridized carbons (Fsp3) is 0.0769. The number of aromatic nitrogens is 1. The third kappa shape index (κ3) is 2.51. The van der Waals surface area contributed by atoms with E-state index >= 15 is 0 Å². The molecule has 1 aromatic carbocycles. The van der Waals surface area contributed by atoms with Crippen molar-refractivity contribution in [1.82, 2.24) is 4.98 Å². The van der Waals surface area contributed by atoms with Gasteiger partial charge < -0.3 is 5.32 Å². The minimum Gasteiger partial charge on any atom is -0.319 e. The van der Waals surface area contributed by atoms with Gasteiger partial charge in [-0.1, -0.05) is 0 Å². The number of pyridine rings is 1. The Bertz CT molecular complexity index is 599. The van der Waals surface area contributed by atoms with Gasteiger partial charge in [-0.15, -0.1) is 0 Å². The molecule has 1 heterocycles. The number of amides is 1. The Morgan fingerprint density at radius 1 is 1.22 bits per heavy atom. The van der Waals surface area contributed by atoms with Crippen LogP contribution in [0, 0.1) is 18.6 Å². The van der Waals surface area contributed by atoms with Crippen LogP contribution >= 0.6 is 0 Å². The molecule has 0 unspecified atom stereocenters. The zero-order valence-electron chi connectivity index (χ0n) is 9.58. The first-order chi connectivity index (χ1) is 8.58. The van der Waals surface area contributed by atoms with Crippen molar-refractivity contribution in [1.29, 1.82) is 0 Å². The topological polar surface area (TPSA) is 42.0 Å². The molecule has 0 aliphatic heterocycles. The van der Waals surface area contributed by atoms with E-state index in [9.17, 15) is 13.6 Å². The molecule has 0 bridgehead atoms. The van der Waals surface area contributed by atoms with Gasteiger partial charge in [-0.05, 0) is 36.8 Å². The van der Waals surface area contributed by atoms with E-state index in [-0.39, 0.29) is 17.1 Å². The zero-order valence-corrected chi connectivity index (χ0v) is 9.58. The van der Waals surface area contributed by atoms with Crippen LogP contribution in [0.4, 0.5) is 14.5 Å². The molecule has 5 heteroatoms. The first-order valence-electron chi connectivity index (χ1n) is 5.25. The monoisotopic (exact) mass is 248 g/mol. The van der Waals surface area contributed by atoms with Crippen LogP contribution in [-0.2, 0) is 0 Å². The summed E-state index contributed by atoms with van der Waals surface area (Å²) in [6.45, 7) is 1.55. The zero-order chi connectivity index (χ0) is 13.1. The highest BCUT2D eigenvalue weighted by molar-refractivity contribution is 6.04. The number of benzene rings is 1. The Morgan fingerprint density at radius 3 is 2.67 bits per heavy atom. The Balaban J connectivity index is 2.22. The molecular weight excluding hydrogens is 238 g/mol. The number of hydrogen-bond acceptors (Lipinski definition) is 2. The molecule has 2 aromatic rings. The summed E-state index contributed by atoms with van der Waals surface area (Å²) in [4.78, 5) is 15.4. The fourth-order valence-electron chi connectivity index (χ4n) is 1.46. The van der Waals surface area contributed by atoms with E-state index in [4.69, 9.17) is 0 Å². The fourth-order valence-corrected chi connectivity index (χ4v) is 1.46. The van der Waals surface area contributed by atoms with Crippen molar-refractivity contribution >= 4 is 11.6 Å². The summed E-state index contributed by atoms with van der Waals surface area (Å²) in [6.07, 6.45) is 2.38. The predicted octanol–water partition coefficient (Wildman–Crippen LogP) is 2.92. The van der Waals surface area contributed by atoms with E-state index in [0.29, 0.717) is 5.56 Å². The summed E-state index contributed by atoms with van der Waals surface area (Å²) in [5, 5.41) is 2.40. The van der Waals surface area contributed by atoms with Crippen molar-refractivity contribution in [3.8, 4) is 0 Å². The number of nitrogens with zero attached hydrogens (tertiary/aromatic N) is 1. The highest BCUT2D eigenvalue weighted by atomic mass is 19.1. The van der Waals surface area contributed by atoms with Crippen molar-refractivity contribution in [2.24, 2.45) is 0 Å². The summed E-state index contributed by atoms with van der Waals surface area (Å²) in [5.74, 6) is -1.51. The van der Waals surface area contributed by atoms with Crippen LogP contribution in [0.15, 0.2) is 36.7 Å². The van der Waals surface area contributed by atoms with Gasteiger partial charge in [-0.3, -0.25) is 9.78 Å². The van der Waals surface area contributed by atoms with E-state index in [2.05, 4.69) is 10.3 Å². The second-order valence-corrected chi connectivity index (χ2v) is 3.77. The molecule has 0 saturated heterocycles. The average molecular weight is 248 g/mol. The summed E-state index contributed by atoms with van der Waals surface area (Å²) in [5.41, 5.74) is 0.667. The predicted molar refractivity (Wildman–Crippen MR) is 63.3 cm³/mol. The van der Waals surface area contributed by atoms with E-state index in [1.54, 1.807) is 6.92 Å². The lowest BCUT2D eigenvalue weighted by atomic mass is 10.1. The molecule has 92 valence electrons. The molecule has 3 nitrogen and oxygen atoms in total. The maximum atomic E-state index is 13.3. The highest BCUT2D eigenvalue weighted by Crippen LogP contribution is 2.14. The minimum absolute atomic E-state index is 0.0389. The lowest BCUT2D eigenvalue weighted by molar-refractivity contribution is 0.102. The van der Waals surface area contributed by atoms with E-state index in [1.807, 2.05) is 0 Å². The van der Waals surface area contributed by atoms with Crippen LogP contribution < -0.4 is 5.32 Å². The molecule has 18 heavy (non-hydrogen) atoms. The van der Waals surface area contributed by atoms with Gasteiger partial charge in [0.05, 0.1) is 11.9 Å². The number of hydrogen-bond donors (Lipinski definition) is 1. The Morgan fingerprint density at radius 2 is 2.00 bits per heavy atom. The number of halogens is 2. The van der Waals surface area contributed by atoms with Crippen LogP contribution in [-0.4, -0.2) is 10.9 Å². The second kappa shape index (κ2) is 4.91. The molecule has 0 atom stereocenters. The molecule has 0 saturated carbocycles. The Kier molecular flexibility index (Phi) is 3.32. The Hall–Kier alpha value is -2.30. The van der Waals surface area contributed by atoms with Crippen LogP contribution in [0.5, 0.6) is 0 Å². The van der Waals surface area contributed by atoms with Crippen molar-refractivity contribution in [3.63, 3.8) is 0 Å². The number of carbonyl (C=O) groups excluding carboxylic acids is 1. The van der Waals surface area contributed by atoms with Gasteiger partial charge >= 0.3 is 0 Å². The average Bonchev–Trinajstić information content (AvgIpc) is 2.35. The third-order valence-corrected chi connectivity index (χ3v) is 2.44. The standard InChI is InChI=1S/C13H10F2N2O/c1-8-6-9(2-3-10(8)14)13(18)17-12-4-5-16-7-11(12)15/h2-7H,1H3,(H,16,17,18). The molecule has 0 radical (unpaired) electrons. The third-order valence-electron chi connectivity index (χ3n) is 2.44. The van der Waals surface area contributed by atoms with Gasteiger partial charge in [-0.2, -0.15) is 0 Å². The van der Waals surface area contributed by atoms with Gasteiger partial charge in [0.25, 0.3) is 5.91 Å². The maximum absolute atomic E-state index is 13.3. The maximum Gasteiger partial charge on any atom is 0.255 e. The van der Waals surface area contributed by atoms with E-state index in [0.717, 1.165) is 6.20 Å². The summed E-state index contributed by atoms with van der Waals surface area (Å²) in [6, 6.07) is 5.30. The van der Waals surface area contributed by atoms with Crippen molar-refractivity contribution in [2.45, 2.75) is 6.92 Å². The van der Waals surface area contributed by atoms with Crippen molar-refractivity contribution in [3.05, 3.63) is 59.4 Å². The number of nitrogens with one attached hydrogen (secondary N) is 1. The van der Waals surface area contributed by atoms with Crippen LogP contribution in [0.3, 0.4) is 0 Å². The molecule has 1 aromatic heterocycles. The summed E-state index contributed by atoms with van der Waals surface area (Å²) in [7, 11) is 0. The second-order valence-electron chi connectivity index (χ2n) is 3.77. The van der Waals surface area contributed by atoms with Crippen LogP contribution in [0.25, 0.3) is 0 Å². The first kappa shape index (κ1) is 12.2. The number of aryl methyl sites for hydroxylation is 1. The van der Waals surface area contributed by atoms with Gasteiger partial charge in [-0.25, -0.2) is 8.78 Å². The van der Waals surface area contributed by atoms with Gasteiger partial charge in [0.2, 0.25) is 0 Å². The normalized spacial score (nSPS) is 10.2. The minimum atomic E-state index is -0.621. The number of anilines is 1. The highest BCUT2D eigenvalue weighted by Gasteiger charge is 2.10. The van der Waals surface area contributed by atoms with E-state index < -0.39 is 11.7 Å². The quantitative estimate of drug-likeness (QED) is 0.887. The molecule has 0 fully saturated rings. The van der Waals surface area contributed by atoms with Gasteiger partial charge in [0.15, 0.2) is 5.82 Å².